The number of likely N-dealkylation sites (N-methyl/N-ethyl adjacent to an activating group) is 1. The van der Waals surface area contributed by atoms with Gasteiger partial charge < -0.3 is 25.0 Å². The SMILES string of the molecule is CCN(CCOC(=O)NCC(C)(C)CC(C)CCNC(=O)Nc1nc(C)cc(=O)[nH]1)c1ccc(N=Nc2ccc(OC)cc2)cc1. The van der Waals surface area contributed by atoms with Gasteiger partial charge in [-0.05, 0) is 86.6 Å². The predicted octanol–water partition coefficient (Wildman–Crippen LogP) is 6.32. The number of anilines is 2. The third-order valence-electron chi connectivity index (χ3n) is 7.18. The van der Waals surface area contributed by atoms with Crippen LogP contribution in [0.25, 0.3) is 0 Å². The number of azo groups is 1. The number of rotatable bonds is 16. The number of alkyl carbamates (subject to hydrolysis) is 1. The molecule has 0 aliphatic carbocycles. The van der Waals surface area contributed by atoms with Crippen molar-refractivity contribution in [2.24, 2.45) is 21.6 Å². The number of hydrogen-bond donors (Lipinski definition) is 4. The van der Waals surface area contributed by atoms with Crippen molar-refractivity contribution in [1.82, 2.24) is 20.6 Å². The lowest BCUT2D eigenvalue weighted by Gasteiger charge is -2.28. The molecule has 0 aliphatic heterocycles. The highest BCUT2D eigenvalue weighted by molar-refractivity contribution is 5.87. The summed E-state index contributed by atoms with van der Waals surface area (Å²) in [5.74, 6) is 1.16. The highest BCUT2D eigenvalue weighted by Gasteiger charge is 2.22. The van der Waals surface area contributed by atoms with Gasteiger partial charge in [-0.2, -0.15) is 10.2 Å². The molecule has 248 valence electrons. The molecule has 13 nitrogen and oxygen atoms in total. The van der Waals surface area contributed by atoms with Gasteiger partial charge in [0.15, 0.2) is 0 Å². The number of aromatic nitrogens is 2. The Morgan fingerprint density at radius 2 is 1.70 bits per heavy atom. The number of aromatic amines is 1. The van der Waals surface area contributed by atoms with Crippen molar-refractivity contribution < 1.29 is 19.1 Å². The lowest BCUT2D eigenvalue weighted by Crippen LogP contribution is -2.37. The Morgan fingerprint density at radius 3 is 2.30 bits per heavy atom. The average molecular weight is 635 g/mol. The number of urea groups is 1. The van der Waals surface area contributed by atoms with E-state index in [2.05, 4.69) is 61.8 Å². The van der Waals surface area contributed by atoms with Crippen LogP contribution in [0.4, 0.5) is 32.6 Å². The highest BCUT2D eigenvalue weighted by atomic mass is 16.5. The van der Waals surface area contributed by atoms with Crippen LogP contribution in [0.15, 0.2) is 69.6 Å². The average Bonchev–Trinajstić information content (AvgIpc) is 3.01. The quantitative estimate of drug-likeness (QED) is 0.134. The van der Waals surface area contributed by atoms with E-state index < -0.39 is 12.1 Å². The van der Waals surface area contributed by atoms with Crippen LogP contribution in [0, 0.1) is 18.3 Å². The van der Waals surface area contributed by atoms with Gasteiger partial charge in [0, 0.05) is 37.1 Å². The van der Waals surface area contributed by atoms with Crippen molar-refractivity contribution >= 4 is 35.1 Å². The van der Waals surface area contributed by atoms with E-state index in [0.717, 1.165) is 42.2 Å². The van der Waals surface area contributed by atoms with Crippen LogP contribution in [-0.4, -0.2) is 62.0 Å². The molecule has 1 atom stereocenters. The number of carbonyl (C=O) groups is 2. The maximum absolute atomic E-state index is 12.4. The molecule has 13 heteroatoms. The second-order valence-electron chi connectivity index (χ2n) is 11.9. The number of amides is 3. The summed E-state index contributed by atoms with van der Waals surface area (Å²) in [6.45, 7) is 12.5. The van der Waals surface area contributed by atoms with E-state index in [1.54, 1.807) is 14.0 Å². The minimum Gasteiger partial charge on any atom is -0.497 e. The number of aryl methyl sites for hydroxylation is 1. The van der Waals surface area contributed by atoms with Crippen LogP contribution < -0.4 is 31.1 Å². The molecule has 0 saturated carbocycles. The minimum atomic E-state index is -0.452. The molecule has 3 amide bonds. The summed E-state index contributed by atoms with van der Waals surface area (Å²) < 4.78 is 10.6. The number of carbonyl (C=O) groups excluding carboxylic acids is 2. The van der Waals surface area contributed by atoms with Gasteiger partial charge in [-0.3, -0.25) is 15.1 Å². The van der Waals surface area contributed by atoms with Crippen molar-refractivity contribution in [3.05, 3.63) is 70.6 Å². The van der Waals surface area contributed by atoms with Crippen molar-refractivity contribution in [3.63, 3.8) is 0 Å². The van der Waals surface area contributed by atoms with E-state index in [0.29, 0.717) is 31.2 Å². The molecule has 1 aromatic heterocycles. The van der Waals surface area contributed by atoms with Crippen LogP contribution in [0.3, 0.4) is 0 Å². The Labute approximate surface area is 270 Å². The summed E-state index contributed by atoms with van der Waals surface area (Å²) in [4.78, 5) is 44.8. The fourth-order valence-corrected chi connectivity index (χ4v) is 4.91. The summed E-state index contributed by atoms with van der Waals surface area (Å²) in [6, 6.07) is 16.0. The van der Waals surface area contributed by atoms with E-state index in [1.165, 1.54) is 6.07 Å². The number of methoxy groups -OCH3 is 1. The first-order valence-electron chi connectivity index (χ1n) is 15.4. The van der Waals surface area contributed by atoms with Crippen molar-refractivity contribution in [2.75, 3.05) is 50.1 Å². The number of benzene rings is 2. The second-order valence-corrected chi connectivity index (χ2v) is 11.9. The van der Waals surface area contributed by atoms with Gasteiger partial charge in [-0.1, -0.05) is 20.8 Å². The molecule has 1 unspecified atom stereocenters. The van der Waals surface area contributed by atoms with E-state index in [4.69, 9.17) is 9.47 Å². The first-order chi connectivity index (χ1) is 22.0. The molecule has 0 radical (unpaired) electrons. The predicted molar refractivity (Wildman–Crippen MR) is 180 cm³/mol. The Kier molecular flexibility index (Phi) is 13.5. The number of ether oxygens (including phenoxy) is 2. The zero-order valence-electron chi connectivity index (χ0n) is 27.6. The van der Waals surface area contributed by atoms with Crippen LogP contribution in [-0.2, 0) is 4.74 Å². The molecule has 4 N–H and O–H groups in total. The lowest BCUT2D eigenvalue weighted by molar-refractivity contribution is 0.141. The summed E-state index contributed by atoms with van der Waals surface area (Å²) in [5.41, 5.74) is 2.49. The molecule has 0 fully saturated rings. The van der Waals surface area contributed by atoms with Gasteiger partial charge in [0.25, 0.3) is 5.56 Å². The lowest BCUT2D eigenvalue weighted by atomic mass is 9.82. The third-order valence-corrected chi connectivity index (χ3v) is 7.18. The molecule has 0 aliphatic rings. The van der Waals surface area contributed by atoms with Gasteiger partial charge in [-0.25, -0.2) is 14.6 Å². The molecule has 0 spiro atoms. The maximum Gasteiger partial charge on any atom is 0.407 e. The van der Waals surface area contributed by atoms with Gasteiger partial charge in [0.1, 0.15) is 12.4 Å². The Hall–Kier alpha value is -4.94. The molecule has 3 aromatic rings. The van der Waals surface area contributed by atoms with E-state index in [-0.39, 0.29) is 23.5 Å². The smallest absolute Gasteiger partial charge is 0.407 e. The number of nitrogens with zero attached hydrogens (tertiary/aromatic N) is 4. The molecular formula is C33H46N8O5. The summed E-state index contributed by atoms with van der Waals surface area (Å²) in [6.07, 6.45) is 1.13. The summed E-state index contributed by atoms with van der Waals surface area (Å²) in [5, 5.41) is 16.8. The van der Waals surface area contributed by atoms with Crippen LogP contribution >= 0.6 is 0 Å². The van der Waals surface area contributed by atoms with Crippen molar-refractivity contribution in [2.45, 2.75) is 47.5 Å². The number of hydrogen-bond acceptors (Lipinski definition) is 9. The number of nitrogens with one attached hydrogen (secondary N) is 4. The van der Waals surface area contributed by atoms with E-state index >= 15 is 0 Å². The topological polar surface area (TPSA) is 162 Å². The fraction of sp³-hybridized carbons (Fsp3) is 0.455. The molecule has 2 aromatic carbocycles. The third kappa shape index (κ3) is 12.6. The summed E-state index contributed by atoms with van der Waals surface area (Å²) in [7, 11) is 1.62. The zero-order chi connectivity index (χ0) is 33.5. The van der Waals surface area contributed by atoms with Gasteiger partial charge in [-0.15, -0.1) is 0 Å². The molecule has 1 heterocycles. The molecule has 3 rings (SSSR count). The first kappa shape index (κ1) is 35.5. The maximum atomic E-state index is 12.4. The zero-order valence-corrected chi connectivity index (χ0v) is 27.6. The Balaban J connectivity index is 1.33. The normalized spacial score (nSPS) is 12.0. The van der Waals surface area contributed by atoms with Crippen molar-refractivity contribution in [3.8, 4) is 5.75 Å². The van der Waals surface area contributed by atoms with Crippen LogP contribution in [0.2, 0.25) is 0 Å². The van der Waals surface area contributed by atoms with Crippen molar-refractivity contribution in [1.29, 1.82) is 0 Å². The van der Waals surface area contributed by atoms with Gasteiger partial charge in [0.2, 0.25) is 5.95 Å². The summed E-state index contributed by atoms with van der Waals surface area (Å²) >= 11 is 0. The monoisotopic (exact) mass is 634 g/mol. The standard InChI is InChI=1S/C33H46N8O5/c1-7-41(27-12-8-25(9-13-27)39-40-26-10-14-28(45-6)15-11-26)18-19-46-32(44)35-22-33(4,5)21-23(2)16-17-34-31(43)38-30-36-24(3)20-29(42)37-30/h8-15,20,23H,7,16-19,21-22H2,1-6H3,(H,35,44)(H3,34,36,37,38,42,43). The molecular weight excluding hydrogens is 588 g/mol. The largest absolute Gasteiger partial charge is 0.497 e. The van der Waals surface area contributed by atoms with Gasteiger partial charge in [0.05, 0.1) is 25.0 Å². The van der Waals surface area contributed by atoms with Gasteiger partial charge >= 0.3 is 12.1 Å². The molecule has 0 bridgehead atoms. The highest BCUT2D eigenvalue weighted by Crippen LogP contribution is 2.26. The Morgan fingerprint density at radius 1 is 1.04 bits per heavy atom. The van der Waals surface area contributed by atoms with E-state index in [1.807, 2.05) is 55.5 Å². The first-order valence-corrected chi connectivity index (χ1v) is 15.4. The second kappa shape index (κ2) is 17.5. The minimum absolute atomic E-state index is 0.108. The Bertz CT molecular complexity index is 1490. The number of H-pyrrole nitrogens is 1. The fourth-order valence-electron chi connectivity index (χ4n) is 4.91. The molecule has 46 heavy (non-hydrogen) atoms. The van der Waals surface area contributed by atoms with Crippen LogP contribution in [0.1, 0.15) is 46.2 Å². The van der Waals surface area contributed by atoms with Crippen LogP contribution in [0.5, 0.6) is 5.75 Å². The molecule has 0 saturated heterocycles. The van der Waals surface area contributed by atoms with E-state index in [9.17, 15) is 14.4 Å².